The number of benzene rings is 7. The SMILES string of the molecule is C[Si]1(C)c2cc(N(c3ccc(C4=c5ccccc5=CCC4)cc3)c3cccc4sc5ccccc5c34)ccc2-c2c1ccc1c2oc2ccccc21. The molecule has 3 heterocycles. The molecule has 1 aliphatic carbocycles. The van der Waals surface area contributed by atoms with Crippen molar-refractivity contribution in [3.05, 3.63) is 162 Å². The van der Waals surface area contributed by atoms with E-state index < -0.39 is 8.07 Å². The summed E-state index contributed by atoms with van der Waals surface area (Å²) >= 11 is 1.88. The first kappa shape index (κ1) is 30.0. The summed E-state index contributed by atoms with van der Waals surface area (Å²) in [6.45, 7) is 5.00. The largest absolute Gasteiger partial charge is 0.455 e. The summed E-state index contributed by atoms with van der Waals surface area (Å²) in [6.07, 6.45) is 4.51. The Balaban J connectivity index is 1.13. The van der Waals surface area contributed by atoms with Gasteiger partial charge in [0, 0.05) is 47.9 Å². The zero-order chi connectivity index (χ0) is 34.6. The summed E-state index contributed by atoms with van der Waals surface area (Å²) in [5.41, 5.74) is 10.9. The van der Waals surface area contributed by atoms with E-state index >= 15 is 0 Å². The lowest BCUT2D eigenvalue weighted by Crippen LogP contribution is -2.49. The molecule has 0 saturated carbocycles. The number of hydrogen-bond donors (Lipinski definition) is 0. The molecule has 1 aliphatic heterocycles. The van der Waals surface area contributed by atoms with Gasteiger partial charge in [-0.25, -0.2) is 0 Å². The van der Waals surface area contributed by atoms with E-state index in [4.69, 9.17) is 4.42 Å². The Labute approximate surface area is 307 Å². The van der Waals surface area contributed by atoms with E-state index in [2.05, 4.69) is 170 Å². The number of fused-ring (bicyclic) bond motifs is 11. The van der Waals surface area contributed by atoms with Gasteiger partial charge in [-0.05, 0) is 98.9 Å². The molecule has 0 amide bonds. The average molecular weight is 702 g/mol. The Hall–Kier alpha value is -5.68. The quantitative estimate of drug-likeness (QED) is 0.170. The van der Waals surface area contributed by atoms with Crippen LogP contribution in [0.25, 0.3) is 64.9 Å². The van der Waals surface area contributed by atoms with Crippen LogP contribution in [0.2, 0.25) is 13.1 Å². The highest BCUT2D eigenvalue weighted by Gasteiger charge is 2.40. The van der Waals surface area contributed by atoms with E-state index in [1.165, 1.54) is 85.4 Å². The third kappa shape index (κ3) is 4.28. The number of thiophene rings is 1. The van der Waals surface area contributed by atoms with Crippen molar-refractivity contribution in [2.75, 3.05) is 4.90 Å². The van der Waals surface area contributed by atoms with Crippen LogP contribution < -0.4 is 25.7 Å². The van der Waals surface area contributed by atoms with Crippen LogP contribution in [-0.2, 0) is 0 Å². The zero-order valence-corrected chi connectivity index (χ0v) is 30.9. The number of furan rings is 1. The number of rotatable bonds is 4. The molecule has 9 aromatic rings. The van der Waals surface area contributed by atoms with Crippen LogP contribution in [0.15, 0.2) is 150 Å². The fraction of sp³-hybridized carbons (Fsp3) is 0.0833. The Morgan fingerprint density at radius 3 is 2.31 bits per heavy atom. The van der Waals surface area contributed by atoms with E-state index in [1.54, 1.807) is 0 Å². The Kier molecular flexibility index (Phi) is 6.43. The first-order valence-corrected chi connectivity index (χ1v) is 22.1. The standard InChI is InChI=1S/C48H35NOSSi/c1-52(2)44-28-27-37-36-14-5-7-18-41(36)50-48(37)47(44)39-26-25-33(29-45(39)52)49(40-17-10-20-43-46(40)38-15-6-8-19-42(38)51-43)32-23-21-31(22-24-32)35-16-9-12-30-11-3-4-13-34(30)35/h3-8,10-15,17-29H,9,16H2,1-2H3. The minimum atomic E-state index is -2.07. The summed E-state index contributed by atoms with van der Waals surface area (Å²) in [6, 6.07) is 54.1. The zero-order valence-electron chi connectivity index (χ0n) is 29.1. The molecule has 52 heavy (non-hydrogen) atoms. The summed E-state index contributed by atoms with van der Waals surface area (Å²) in [4.78, 5) is 2.50. The molecule has 0 spiro atoms. The van der Waals surface area contributed by atoms with Crippen LogP contribution in [0.1, 0.15) is 18.4 Å². The number of hydrogen-bond acceptors (Lipinski definition) is 3. The van der Waals surface area contributed by atoms with Crippen molar-refractivity contribution in [2.45, 2.75) is 25.9 Å². The lowest BCUT2D eigenvalue weighted by molar-refractivity contribution is 0.670. The van der Waals surface area contributed by atoms with Crippen molar-refractivity contribution >= 4 is 101 Å². The van der Waals surface area contributed by atoms with Crippen LogP contribution >= 0.6 is 11.3 Å². The molecular weight excluding hydrogens is 667 g/mol. The van der Waals surface area contributed by atoms with E-state index in [9.17, 15) is 0 Å². The normalized spacial score (nSPS) is 14.5. The predicted octanol–water partition coefficient (Wildman–Crippen LogP) is 11.0. The topological polar surface area (TPSA) is 16.4 Å². The highest BCUT2D eigenvalue weighted by atomic mass is 32.1. The second-order valence-electron chi connectivity index (χ2n) is 14.8. The maximum Gasteiger partial charge on any atom is 0.143 e. The monoisotopic (exact) mass is 701 g/mol. The fourth-order valence-electron chi connectivity index (χ4n) is 9.07. The smallest absolute Gasteiger partial charge is 0.143 e. The van der Waals surface area contributed by atoms with Gasteiger partial charge in [0.15, 0.2) is 0 Å². The number of anilines is 3. The van der Waals surface area contributed by atoms with E-state index in [1.807, 2.05) is 11.3 Å². The van der Waals surface area contributed by atoms with Gasteiger partial charge in [0.1, 0.15) is 19.2 Å². The van der Waals surface area contributed by atoms with Crippen LogP contribution in [0.4, 0.5) is 17.1 Å². The minimum absolute atomic E-state index is 0.953. The molecule has 2 aromatic heterocycles. The molecule has 0 unspecified atom stereocenters. The second-order valence-corrected chi connectivity index (χ2v) is 20.2. The average Bonchev–Trinajstić information content (AvgIpc) is 3.83. The summed E-state index contributed by atoms with van der Waals surface area (Å²) < 4.78 is 9.26. The van der Waals surface area contributed by atoms with E-state index in [-0.39, 0.29) is 0 Å². The van der Waals surface area contributed by atoms with Gasteiger partial charge in [-0.1, -0.05) is 116 Å². The Bertz CT molecular complexity index is 3060. The highest BCUT2D eigenvalue weighted by molar-refractivity contribution is 7.26. The third-order valence-corrected chi connectivity index (χ3v) is 16.2. The second kappa shape index (κ2) is 11.2. The molecule has 0 saturated heterocycles. The van der Waals surface area contributed by atoms with Gasteiger partial charge in [-0.3, -0.25) is 0 Å². The first-order valence-electron chi connectivity index (χ1n) is 18.2. The maximum atomic E-state index is 6.63. The molecule has 4 heteroatoms. The van der Waals surface area contributed by atoms with E-state index in [0.717, 1.165) is 29.7 Å². The van der Waals surface area contributed by atoms with Gasteiger partial charge in [0.25, 0.3) is 0 Å². The molecule has 0 N–H and O–H groups in total. The Morgan fingerprint density at radius 1 is 0.635 bits per heavy atom. The molecule has 248 valence electrons. The van der Waals surface area contributed by atoms with Crippen molar-refractivity contribution in [3.63, 3.8) is 0 Å². The maximum absolute atomic E-state index is 6.63. The number of para-hydroxylation sites is 1. The van der Waals surface area contributed by atoms with Gasteiger partial charge in [0.05, 0.1) is 5.69 Å². The molecule has 0 radical (unpaired) electrons. The summed E-state index contributed by atoms with van der Waals surface area (Å²) in [7, 11) is -2.07. The van der Waals surface area contributed by atoms with Crippen LogP contribution in [-0.4, -0.2) is 8.07 Å². The number of nitrogens with zero attached hydrogens (tertiary/aromatic N) is 1. The molecule has 0 bridgehead atoms. The predicted molar refractivity (Wildman–Crippen MR) is 225 cm³/mol. The van der Waals surface area contributed by atoms with Crippen molar-refractivity contribution in [1.29, 1.82) is 0 Å². The molecule has 7 aromatic carbocycles. The minimum Gasteiger partial charge on any atom is -0.455 e. The fourth-order valence-corrected chi connectivity index (χ4v) is 13.2. The molecule has 2 aliphatic rings. The lowest BCUT2D eigenvalue weighted by atomic mass is 9.93. The van der Waals surface area contributed by atoms with Gasteiger partial charge in [-0.2, -0.15) is 0 Å². The molecule has 11 rings (SSSR count). The van der Waals surface area contributed by atoms with Gasteiger partial charge in [0.2, 0.25) is 0 Å². The highest BCUT2D eigenvalue weighted by Crippen LogP contribution is 2.46. The van der Waals surface area contributed by atoms with Crippen molar-refractivity contribution < 1.29 is 4.42 Å². The molecule has 2 nitrogen and oxygen atoms in total. The van der Waals surface area contributed by atoms with Crippen molar-refractivity contribution in [3.8, 4) is 11.1 Å². The summed E-state index contributed by atoms with van der Waals surface area (Å²) in [5, 5.41) is 10.6. The van der Waals surface area contributed by atoms with Crippen LogP contribution in [0.5, 0.6) is 0 Å². The molecular formula is C48H35NOSSi. The molecule has 0 fully saturated rings. The third-order valence-electron chi connectivity index (χ3n) is 11.6. The van der Waals surface area contributed by atoms with E-state index in [0.29, 0.717) is 0 Å². The summed E-state index contributed by atoms with van der Waals surface area (Å²) in [5.74, 6) is 0. The van der Waals surface area contributed by atoms with Gasteiger partial charge in [-0.15, -0.1) is 11.3 Å². The first-order chi connectivity index (χ1) is 25.5. The van der Waals surface area contributed by atoms with Gasteiger partial charge < -0.3 is 9.32 Å². The lowest BCUT2D eigenvalue weighted by Gasteiger charge is -2.28. The van der Waals surface area contributed by atoms with Gasteiger partial charge >= 0.3 is 0 Å². The molecule has 0 atom stereocenters. The van der Waals surface area contributed by atoms with Crippen LogP contribution in [0, 0.1) is 0 Å². The van der Waals surface area contributed by atoms with Crippen molar-refractivity contribution in [2.24, 2.45) is 0 Å². The van der Waals surface area contributed by atoms with Crippen molar-refractivity contribution in [1.82, 2.24) is 0 Å². The Morgan fingerprint density at radius 2 is 1.40 bits per heavy atom. The van der Waals surface area contributed by atoms with Crippen LogP contribution in [0.3, 0.4) is 0 Å².